The second kappa shape index (κ2) is 5.72. The fraction of sp³-hybridized carbons (Fsp3) is 0.286. The Hall–Kier alpha value is -2.48. The number of fused-ring (bicyclic) bond motifs is 1. The fourth-order valence-corrected chi connectivity index (χ4v) is 2.69. The van der Waals surface area contributed by atoms with Crippen molar-refractivity contribution in [3.63, 3.8) is 0 Å². The summed E-state index contributed by atoms with van der Waals surface area (Å²) in [6.45, 7) is 3.68. The molecule has 0 spiro atoms. The molecule has 0 saturated heterocycles. The molecule has 22 heavy (non-hydrogen) atoms. The summed E-state index contributed by atoms with van der Waals surface area (Å²) in [6, 6.07) is 5.19. The quantitative estimate of drug-likeness (QED) is 0.898. The van der Waals surface area contributed by atoms with Crippen LogP contribution in [0, 0.1) is 6.92 Å². The maximum Gasteiger partial charge on any atom is 0.282 e. The number of carbonyl (C=O) groups excluding carboxylic acids is 2. The molecule has 0 bridgehead atoms. The zero-order chi connectivity index (χ0) is 15.7. The molecule has 8 heteroatoms. The standard InChI is InChI=1S/C14H14N4O3S/c1-7(15-13(20)14-18-17-8(2)22-14)9-3-4-11-10(5-9)16-12(19)6-21-11/h3-5,7H,6H2,1-2H3,(H,15,20)(H,16,19)/t7-/m0/s1. The molecule has 0 radical (unpaired) electrons. The number of aromatic nitrogens is 2. The predicted molar refractivity (Wildman–Crippen MR) is 81.1 cm³/mol. The Morgan fingerprint density at radius 3 is 3.00 bits per heavy atom. The van der Waals surface area contributed by atoms with Crippen LogP contribution in [0.1, 0.15) is 33.3 Å². The molecule has 2 aromatic rings. The summed E-state index contributed by atoms with van der Waals surface area (Å²) in [6.07, 6.45) is 0. The van der Waals surface area contributed by atoms with Gasteiger partial charge in [0.15, 0.2) is 6.61 Å². The first-order valence-electron chi connectivity index (χ1n) is 6.70. The van der Waals surface area contributed by atoms with E-state index in [1.54, 1.807) is 19.1 Å². The highest BCUT2D eigenvalue weighted by Crippen LogP contribution is 2.30. The average molecular weight is 318 g/mol. The third-order valence-electron chi connectivity index (χ3n) is 3.20. The Labute approximate surface area is 130 Å². The second-order valence-corrected chi connectivity index (χ2v) is 6.10. The Morgan fingerprint density at radius 1 is 1.45 bits per heavy atom. The molecule has 0 fully saturated rings. The van der Waals surface area contributed by atoms with Gasteiger partial charge in [0, 0.05) is 0 Å². The molecule has 0 aliphatic carbocycles. The van der Waals surface area contributed by atoms with Gasteiger partial charge in [-0.3, -0.25) is 9.59 Å². The number of ether oxygens (including phenoxy) is 1. The first-order chi connectivity index (χ1) is 10.5. The van der Waals surface area contributed by atoms with Crippen molar-refractivity contribution in [2.75, 3.05) is 11.9 Å². The van der Waals surface area contributed by atoms with Gasteiger partial charge in [0.2, 0.25) is 5.01 Å². The van der Waals surface area contributed by atoms with E-state index in [0.717, 1.165) is 10.6 Å². The summed E-state index contributed by atoms with van der Waals surface area (Å²) >= 11 is 1.24. The largest absolute Gasteiger partial charge is 0.482 e. The van der Waals surface area contributed by atoms with Crippen LogP contribution in [0.3, 0.4) is 0 Å². The smallest absolute Gasteiger partial charge is 0.282 e. The van der Waals surface area contributed by atoms with E-state index in [0.29, 0.717) is 16.4 Å². The number of hydrogen-bond donors (Lipinski definition) is 2. The van der Waals surface area contributed by atoms with Crippen LogP contribution in [0.2, 0.25) is 0 Å². The molecule has 1 aliphatic heterocycles. The van der Waals surface area contributed by atoms with E-state index >= 15 is 0 Å². The van der Waals surface area contributed by atoms with Crippen LogP contribution in [-0.2, 0) is 4.79 Å². The SMILES string of the molecule is Cc1nnc(C(=O)N[C@@H](C)c2ccc3c(c2)NC(=O)CO3)s1. The van der Waals surface area contributed by atoms with Crippen molar-refractivity contribution < 1.29 is 14.3 Å². The van der Waals surface area contributed by atoms with Crippen LogP contribution in [0.25, 0.3) is 0 Å². The first kappa shape index (κ1) is 14.5. The molecule has 114 valence electrons. The molecule has 2 N–H and O–H groups in total. The lowest BCUT2D eigenvalue weighted by Crippen LogP contribution is -2.28. The highest BCUT2D eigenvalue weighted by molar-refractivity contribution is 7.13. The number of nitrogens with zero attached hydrogens (tertiary/aromatic N) is 2. The molecule has 2 heterocycles. The van der Waals surface area contributed by atoms with Crippen molar-refractivity contribution >= 4 is 28.8 Å². The van der Waals surface area contributed by atoms with Gasteiger partial charge in [0.25, 0.3) is 11.8 Å². The maximum atomic E-state index is 12.1. The van der Waals surface area contributed by atoms with E-state index in [2.05, 4.69) is 20.8 Å². The third kappa shape index (κ3) is 2.91. The summed E-state index contributed by atoms with van der Waals surface area (Å²) in [5, 5.41) is 14.3. The number of carbonyl (C=O) groups is 2. The minimum Gasteiger partial charge on any atom is -0.482 e. The van der Waals surface area contributed by atoms with Crippen molar-refractivity contribution in [3.05, 3.63) is 33.8 Å². The van der Waals surface area contributed by atoms with E-state index in [4.69, 9.17) is 4.74 Å². The van der Waals surface area contributed by atoms with Gasteiger partial charge in [-0.05, 0) is 31.5 Å². The number of anilines is 1. The number of benzene rings is 1. The molecule has 0 saturated carbocycles. The fourth-order valence-electron chi connectivity index (χ4n) is 2.10. The minimum absolute atomic E-state index is 0.0229. The van der Waals surface area contributed by atoms with Crippen molar-refractivity contribution in [2.45, 2.75) is 19.9 Å². The maximum absolute atomic E-state index is 12.1. The summed E-state index contributed by atoms with van der Waals surface area (Å²) in [7, 11) is 0. The lowest BCUT2D eigenvalue weighted by atomic mass is 10.1. The monoisotopic (exact) mass is 318 g/mol. The van der Waals surface area contributed by atoms with E-state index in [-0.39, 0.29) is 24.5 Å². The number of hydrogen-bond acceptors (Lipinski definition) is 6. The Bertz CT molecular complexity index is 743. The van der Waals surface area contributed by atoms with Crippen molar-refractivity contribution in [1.29, 1.82) is 0 Å². The summed E-state index contributed by atoms with van der Waals surface area (Å²) in [4.78, 5) is 23.4. The van der Waals surface area contributed by atoms with Crippen LogP contribution in [-0.4, -0.2) is 28.6 Å². The second-order valence-electron chi connectivity index (χ2n) is 4.91. The molecule has 1 atom stereocenters. The zero-order valence-electron chi connectivity index (χ0n) is 12.0. The van der Waals surface area contributed by atoms with Crippen LogP contribution >= 0.6 is 11.3 Å². The molecule has 3 rings (SSSR count). The molecular formula is C14H14N4O3S. The molecule has 1 aliphatic rings. The van der Waals surface area contributed by atoms with Crippen molar-refractivity contribution in [2.24, 2.45) is 0 Å². The van der Waals surface area contributed by atoms with Gasteiger partial charge in [-0.1, -0.05) is 17.4 Å². The molecule has 0 unspecified atom stereocenters. The normalized spacial score (nSPS) is 14.5. The highest BCUT2D eigenvalue weighted by Gasteiger charge is 2.19. The molecule has 1 aromatic heterocycles. The van der Waals surface area contributed by atoms with Crippen LogP contribution in [0.4, 0.5) is 5.69 Å². The van der Waals surface area contributed by atoms with Crippen LogP contribution < -0.4 is 15.4 Å². The lowest BCUT2D eigenvalue weighted by Gasteiger charge is -2.20. The highest BCUT2D eigenvalue weighted by atomic mass is 32.1. The average Bonchev–Trinajstić information content (AvgIpc) is 2.93. The van der Waals surface area contributed by atoms with E-state index in [1.165, 1.54) is 11.3 Å². The number of aryl methyl sites for hydroxylation is 1. The zero-order valence-corrected chi connectivity index (χ0v) is 12.9. The number of rotatable bonds is 3. The van der Waals surface area contributed by atoms with Crippen LogP contribution in [0.15, 0.2) is 18.2 Å². The Balaban J connectivity index is 1.75. The van der Waals surface area contributed by atoms with E-state index in [1.807, 2.05) is 13.0 Å². The summed E-state index contributed by atoms with van der Waals surface area (Å²) in [5.41, 5.74) is 1.47. The summed E-state index contributed by atoms with van der Waals surface area (Å²) in [5.74, 6) is 0.170. The number of amides is 2. The van der Waals surface area contributed by atoms with Gasteiger partial charge in [-0.25, -0.2) is 0 Å². The Morgan fingerprint density at radius 2 is 2.27 bits per heavy atom. The molecular weight excluding hydrogens is 304 g/mol. The Kier molecular flexibility index (Phi) is 3.76. The van der Waals surface area contributed by atoms with Crippen molar-refractivity contribution in [1.82, 2.24) is 15.5 Å². The molecule has 7 nitrogen and oxygen atoms in total. The van der Waals surface area contributed by atoms with Gasteiger partial charge in [-0.2, -0.15) is 0 Å². The van der Waals surface area contributed by atoms with E-state index in [9.17, 15) is 9.59 Å². The first-order valence-corrected chi connectivity index (χ1v) is 7.52. The molecule has 1 aromatic carbocycles. The lowest BCUT2D eigenvalue weighted by molar-refractivity contribution is -0.118. The van der Waals surface area contributed by atoms with Gasteiger partial charge in [-0.15, -0.1) is 10.2 Å². The van der Waals surface area contributed by atoms with Gasteiger partial charge < -0.3 is 15.4 Å². The van der Waals surface area contributed by atoms with Crippen LogP contribution in [0.5, 0.6) is 5.75 Å². The topological polar surface area (TPSA) is 93.2 Å². The molecule has 2 amide bonds. The van der Waals surface area contributed by atoms with Gasteiger partial charge in [0.1, 0.15) is 10.8 Å². The van der Waals surface area contributed by atoms with Crippen molar-refractivity contribution in [3.8, 4) is 5.75 Å². The van der Waals surface area contributed by atoms with Gasteiger partial charge in [0.05, 0.1) is 11.7 Å². The third-order valence-corrected chi connectivity index (χ3v) is 4.04. The van der Waals surface area contributed by atoms with Gasteiger partial charge >= 0.3 is 0 Å². The number of nitrogens with one attached hydrogen (secondary N) is 2. The predicted octanol–water partition coefficient (Wildman–Crippen LogP) is 1.67. The van der Waals surface area contributed by atoms with E-state index < -0.39 is 0 Å². The summed E-state index contributed by atoms with van der Waals surface area (Å²) < 4.78 is 5.31. The minimum atomic E-state index is -0.267.